The van der Waals surface area contributed by atoms with E-state index in [0.29, 0.717) is 13.0 Å². The molecule has 0 radical (unpaired) electrons. The molecule has 15 heteroatoms. The van der Waals surface area contributed by atoms with Crippen molar-refractivity contribution in [3.05, 3.63) is 10.4 Å². The normalized spacial score (nSPS) is 36.1. The third-order valence-corrected chi connectivity index (χ3v) is 6.40. The summed E-state index contributed by atoms with van der Waals surface area (Å²) in [5.74, 6) is -0.530. The van der Waals surface area contributed by atoms with E-state index in [9.17, 15) is 40.5 Å². The zero-order valence-corrected chi connectivity index (χ0v) is 20.6. The Hall–Kier alpha value is -1.62. The molecule has 10 atom stereocenters. The predicted octanol–water partition coefficient (Wildman–Crippen LogP) is -1.42. The van der Waals surface area contributed by atoms with E-state index in [1.807, 2.05) is 0 Å². The van der Waals surface area contributed by atoms with Crippen molar-refractivity contribution >= 4 is 5.97 Å². The Morgan fingerprint density at radius 1 is 0.757 bits per heavy atom. The minimum Gasteiger partial charge on any atom is -0.463 e. The molecule has 0 saturated carbocycles. The minimum absolute atomic E-state index is 0.148. The lowest BCUT2D eigenvalue weighted by molar-refractivity contribution is -0.376. The molecule has 2 rings (SSSR count). The zero-order valence-electron chi connectivity index (χ0n) is 20.6. The number of rotatable bonds is 15. The van der Waals surface area contributed by atoms with Crippen LogP contribution >= 0.6 is 0 Å². The van der Waals surface area contributed by atoms with Crippen LogP contribution in [0.25, 0.3) is 10.4 Å². The van der Waals surface area contributed by atoms with Gasteiger partial charge < -0.3 is 54.7 Å². The largest absolute Gasteiger partial charge is 0.463 e. The van der Waals surface area contributed by atoms with Crippen molar-refractivity contribution in [3.63, 3.8) is 0 Å². The van der Waals surface area contributed by atoms with Crippen molar-refractivity contribution in [3.8, 4) is 0 Å². The van der Waals surface area contributed by atoms with Crippen molar-refractivity contribution in [2.24, 2.45) is 5.11 Å². The van der Waals surface area contributed by atoms with Crippen molar-refractivity contribution < 1.29 is 59.5 Å². The van der Waals surface area contributed by atoms with E-state index in [4.69, 9.17) is 24.5 Å². The van der Waals surface area contributed by atoms with E-state index in [2.05, 4.69) is 10.0 Å². The van der Waals surface area contributed by atoms with Crippen LogP contribution in [0.15, 0.2) is 5.11 Å². The number of unbranched alkanes of at least 4 members (excludes halogenated alkanes) is 6. The Balaban J connectivity index is 1.74. The molecule has 214 valence electrons. The monoisotopic (exact) mass is 537 g/mol. The summed E-state index contributed by atoms with van der Waals surface area (Å²) in [4.78, 5) is 14.8. The molecule has 0 aliphatic carbocycles. The fraction of sp³-hybridized carbons (Fsp3) is 0.955. The van der Waals surface area contributed by atoms with Gasteiger partial charge in [-0.15, -0.1) is 0 Å². The summed E-state index contributed by atoms with van der Waals surface area (Å²) in [6.45, 7) is -0.639. The maximum atomic E-state index is 12.1. The van der Waals surface area contributed by atoms with Crippen molar-refractivity contribution in [2.75, 3.05) is 19.8 Å². The smallest absolute Gasteiger partial charge is 0.305 e. The summed E-state index contributed by atoms with van der Waals surface area (Å²) in [6, 6.07) is 0. The maximum Gasteiger partial charge on any atom is 0.305 e. The number of nitrogens with zero attached hydrogens (tertiary/aromatic N) is 3. The number of azide groups is 1. The minimum atomic E-state index is -1.78. The van der Waals surface area contributed by atoms with E-state index in [1.54, 1.807) is 0 Å². The molecule has 2 fully saturated rings. The van der Waals surface area contributed by atoms with Gasteiger partial charge in [0.05, 0.1) is 6.61 Å². The number of hydrogen-bond acceptors (Lipinski definition) is 13. The van der Waals surface area contributed by atoms with Crippen molar-refractivity contribution in [1.82, 2.24) is 0 Å². The molecule has 4 unspecified atom stereocenters. The second kappa shape index (κ2) is 16.4. The van der Waals surface area contributed by atoms with Gasteiger partial charge in [-0.3, -0.25) is 4.79 Å². The Bertz CT molecular complexity index is 725. The zero-order chi connectivity index (χ0) is 27.4. The fourth-order valence-electron chi connectivity index (χ4n) is 4.11. The quantitative estimate of drug-likeness (QED) is 0.0418. The van der Waals surface area contributed by atoms with Gasteiger partial charge in [-0.05, 0) is 18.4 Å². The van der Waals surface area contributed by atoms with Crippen LogP contribution < -0.4 is 0 Å². The lowest BCUT2D eigenvalue weighted by Crippen LogP contribution is -2.63. The first-order chi connectivity index (χ1) is 17.7. The molecule has 0 amide bonds. The van der Waals surface area contributed by atoms with Gasteiger partial charge in [0, 0.05) is 17.9 Å². The van der Waals surface area contributed by atoms with Crippen LogP contribution in [0.5, 0.6) is 0 Å². The highest BCUT2D eigenvalue weighted by Gasteiger charge is 2.49. The first kappa shape index (κ1) is 31.6. The SMILES string of the molecule is [N-]=[N+]=NCCCCCCCCCC(=O)OCC1O[C@H](O[C@H]2OC(CO)[C@@H](O)C(O)[C@H]2O)C(O)[C@@H](O)[C@@H]1O. The Kier molecular flexibility index (Phi) is 14.0. The van der Waals surface area contributed by atoms with E-state index in [-0.39, 0.29) is 6.42 Å². The van der Waals surface area contributed by atoms with Crippen LogP contribution in [0.2, 0.25) is 0 Å². The van der Waals surface area contributed by atoms with Crippen LogP contribution in [-0.2, 0) is 23.7 Å². The Morgan fingerprint density at radius 2 is 1.27 bits per heavy atom. The first-order valence-electron chi connectivity index (χ1n) is 12.5. The molecule has 2 aliphatic heterocycles. The van der Waals surface area contributed by atoms with E-state index in [0.717, 1.165) is 38.5 Å². The lowest BCUT2D eigenvalue weighted by atomic mass is 9.98. The summed E-state index contributed by atoms with van der Waals surface area (Å²) < 4.78 is 21.1. The van der Waals surface area contributed by atoms with Crippen LogP contribution in [0, 0.1) is 0 Å². The third-order valence-electron chi connectivity index (χ3n) is 6.40. The summed E-state index contributed by atoms with van der Waals surface area (Å²) in [6.07, 6.45) is -9.73. The summed E-state index contributed by atoms with van der Waals surface area (Å²) in [7, 11) is 0. The van der Waals surface area contributed by atoms with Crippen LogP contribution in [0.1, 0.15) is 51.4 Å². The number of carbonyl (C=O) groups excluding carboxylic acids is 1. The first-order valence-corrected chi connectivity index (χ1v) is 12.5. The molecule has 0 aromatic carbocycles. The topological polar surface area (TPSA) is 244 Å². The molecule has 0 bridgehead atoms. The molecule has 2 heterocycles. The fourth-order valence-corrected chi connectivity index (χ4v) is 4.11. The van der Waals surface area contributed by atoms with Gasteiger partial charge in [0.2, 0.25) is 0 Å². The van der Waals surface area contributed by atoms with Crippen molar-refractivity contribution in [2.45, 2.75) is 113 Å². The lowest BCUT2D eigenvalue weighted by Gasteiger charge is -2.44. The van der Waals surface area contributed by atoms with Gasteiger partial charge in [0.25, 0.3) is 0 Å². The van der Waals surface area contributed by atoms with Crippen LogP contribution in [-0.4, -0.2) is 123 Å². The predicted molar refractivity (Wildman–Crippen MR) is 123 cm³/mol. The van der Waals surface area contributed by atoms with Gasteiger partial charge in [0.15, 0.2) is 12.6 Å². The standard InChI is InChI=1S/C22H39N3O12/c23-25-24-9-7-5-3-1-2-4-6-8-14(27)34-11-13-16(29)18(31)20(33)22(36-13)37-21-19(32)17(30)15(28)12(10-26)35-21/h12-13,15-22,26,28-33H,1-11H2/t12?,13?,15-,16-,17?,18+,19-,20?,21-,22-/m1/s1. The molecule has 37 heavy (non-hydrogen) atoms. The molecule has 2 saturated heterocycles. The molecule has 2 aliphatic rings. The number of esters is 1. The molecule has 0 spiro atoms. The van der Waals surface area contributed by atoms with Gasteiger partial charge in [-0.2, -0.15) is 0 Å². The van der Waals surface area contributed by atoms with Gasteiger partial charge in [-0.25, -0.2) is 0 Å². The average molecular weight is 538 g/mol. The molecular formula is C22H39N3O12. The summed E-state index contributed by atoms with van der Waals surface area (Å²) >= 11 is 0. The number of aliphatic hydroxyl groups excluding tert-OH is 7. The van der Waals surface area contributed by atoms with Gasteiger partial charge >= 0.3 is 5.97 Å². The number of carbonyl (C=O) groups is 1. The van der Waals surface area contributed by atoms with E-state index in [1.165, 1.54) is 0 Å². The number of ether oxygens (including phenoxy) is 4. The molecule has 0 aromatic heterocycles. The van der Waals surface area contributed by atoms with Crippen LogP contribution in [0.4, 0.5) is 0 Å². The van der Waals surface area contributed by atoms with Crippen LogP contribution in [0.3, 0.4) is 0 Å². The highest BCUT2D eigenvalue weighted by atomic mass is 16.8. The summed E-state index contributed by atoms with van der Waals surface area (Å²) in [5, 5.41) is 73.3. The van der Waals surface area contributed by atoms with E-state index >= 15 is 0 Å². The van der Waals surface area contributed by atoms with Gasteiger partial charge in [-0.1, -0.05) is 37.2 Å². The Labute approximate surface area is 214 Å². The number of hydrogen-bond donors (Lipinski definition) is 7. The molecular weight excluding hydrogens is 498 g/mol. The second-order valence-corrected chi connectivity index (χ2v) is 9.21. The van der Waals surface area contributed by atoms with Crippen molar-refractivity contribution in [1.29, 1.82) is 0 Å². The Morgan fingerprint density at radius 3 is 1.84 bits per heavy atom. The molecule has 0 aromatic rings. The molecule has 15 nitrogen and oxygen atoms in total. The van der Waals surface area contributed by atoms with Gasteiger partial charge in [0.1, 0.15) is 55.4 Å². The van der Waals surface area contributed by atoms with E-state index < -0.39 is 80.6 Å². The highest BCUT2D eigenvalue weighted by Crippen LogP contribution is 2.28. The summed E-state index contributed by atoms with van der Waals surface area (Å²) in [5.41, 5.74) is 8.21. The highest BCUT2D eigenvalue weighted by molar-refractivity contribution is 5.69. The number of aliphatic hydroxyl groups is 7. The second-order valence-electron chi connectivity index (χ2n) is 9.21. The molecule has 7 N–H and O–H groups in total. The average Bonchev–Trinajstić information content (AvgIpc) is 2.89. The maximum absolute atomic E-state index is 12.1. The third kappa shape index (κ3) is 9.57.